The summed E-state index contributed by atoms with van der Waals surface area (Å²) < 4.78 is 49.8. The molecule has 0 aliphatic rings. The summed E-state index contributed by atoms with van der Waals surface area (Å²) in [6.07, 6.45) is 1.14. The van der Waals surface area contributed by atoms with Crippen molar-refractivity contribution >= 4 is 27.6 Å². The molecule has 0 unspecified atom stereocenters. The van der Waals surface area contributed by atoms with E-state index in [0.29, 0.717) is 12.8 Å². The number of nitrogens with one attached hydrogen (secondary N) is 2. The lowest BCUT2D eigenvalue weighted by molar-refractivity contribution is -0.119. The molecule has 12 heteroatoms. The normalized spacial score (nSPS) is 12.2. The highest BCUT2D eigenvalue weighted by Crippen LogP contribution is 2.35. The molecule has 0 bridgehead atoms. The van der Waals surface area contributed by atoms with Gasteiger partial charge < -0.3 is 15.2 Å². The highest BCUT2D eigenvalue weighted by atomic mass is 32.2. The van der Waals surface area contributed by atoms with Crippen LogP contribution in [0.1, 0.15) is 49.7 Å². The summed E-state index contributed by atoms with van der Waals surface area (Å²) in [6.45, 7) is 7.03. The first kappa shape index (κ1) is 27.8. The summed E-state index contributed by atoms with van der Waals surface area (Å²) in [6, 6.07) is 9.38. The van der Waals surface area contributed by atoms with E-state index in [2.05, 4.69) is 15.1 Å². The van der Waals surface area contributed by atoms with Crippen LogP contribution < -0.4 is 14.8 Å². The molecule has 1 amide bonds. The molecule has 3 N–H and O–H groups in total. The fraction of sp³-hybridized carbons (Fsp3) is 0.320. The van der Waals surface area contributed by atoms with Crippen LogP contribution in [0, 0.1) is 18.7 Å². The molecule has 37 heavy (non-hydrogen) atoms. The molecule has 10 nitrogen and oxygen atoms in total. The number of hydrogen-bond acceptors (Lipinski definition) is 6. The first-order valence-corrected chi connectivity index (χ1v) is 13.2. The molecule has 1 atom stereocenters. The van der Waals surface area contributed by atoms with E-state index in [1.165, 1.54) is 43.3 Å². The van der Waals surface area contributed by atoms with Crippen LogP contribution in [0.5, 0.6) is 11.6 Å². The van der Waals surface area contributed by atoms with Crippen molar-refractivity contribution in [2.45, 2.75) is 45.4 Å². The minimum absolute atomic E-state index is 0.105. The molecule has 0 aliphatic heterocycles. The fourth-order valence-corrected chi connectivity index (χ4v) is 4.62. The average molecular weight is 533 g/mol. The van der Waals surface area contributed by atoms with Crippen molar-refractivity contribution in [1.29, 1.82) is 0 Å². The SMILES string of the molecule is CCCNS(=O)(=O)c1cc(NC(=O)[C@@H](C)CC)ccc1Oc1c(C)c(C(=O)O)nn1-c1cccc(F)c1. The van der Waals surface area contributed by atoms with Crippen molar-refractivity contribution in [3.05, 3.63) is 59.5 Å². The molecule has 3 aromatic rings. The third kappa shape index (κ3) is 6.33. The lowest BCUT2D eigenvalue weighted by Gasteiger charge is -2.16. The van der Waals surface area contributed by atoms with E-state index in [0.717, 1.165) is 10.7 Å². The number of halogens is 1. The number of carboxylic acid groups (broad SMARTS) is 1. The molecule has 0 radical (unpaired) electrons. The summed E-state index contributed by atoms with van der Waals surface area (Å²) in [5, 5.41) is 16.3. The molecular formula is C25H29FN4O6S. The maximum absolute atomic E-state index is 13.9. The number of carboxylic acids is 1. The Morgan fingerprint density at radius 3 is 2.54 bits per heavy atom. The standard InChI is InChI=1S/C25H29FN4O6S/c1-5-12-27-37(34,35)21-14-18(28-23(31)15(3)6-2)10-11-20(21)36-24-16(4)22(25(32)33)29-30(24)19-9-7-8-17(26)13-19/h7-11,13-15,27H,5-6,12H2,1-4H3,(H,28,31)(H,32,33)/t15-/m0/s1. The van der Waals surface area contributed by atoms with E-state index in [1.807, 2.05) is 6.92 Å². The van der Waals surface area contributed by atoms with Gasteiger partial charge in [-0.15, -0.1) is 0 Å². The predicted molar refractivity (Wildman–Crippen MR) is 135 cm³/mol. The van der Waals surface area contributed by atoms with Gasteiger partial charge in [-0.2, -0.15) is 9.78 Å². The summed E-state index contributed by atoms with van der Waals surface area (Å²) in [5.74, 6) is -2.71. The Hall–Kier alpha value is -3.77. The molecule has 1 heterocycles. The number of sulfonamides is 1. The van der Waals surface area contributed by atoms with Crippen LogP contribution in [-0.2, 0) is 14.8 Å². The number of rotatable bonds is 11. The van der Waals surface area contributed by atoms with Gasteiger partial charge >= 0.3 is 5.97 Å². The number of ether oxygens (including phenoxy) is 1. The van der Waals surface area contributed by atoms with Gasteiger partial charge in [0.05, 0.1) is 5.69 Å². The van der Waals surface area contributed by atoms with Gasteiger partial charge in [-0.1, -0.05) is 26.8 Å². The van der Waals surface area contributed by atoms with Crippen LogP contribution in [0.2, 0.25) is 0 Å². The molecule has 0 spiro atoms. The van der Waals surface area contributed by atoms with E-state index in [4.69, 9.17) is 4.74 Å². The number of aromatic carboxylic acids is 1. The van der Waals surface area contributed by atoms with Gasteiger partial charge in [-0.3, -0.25) is 4.79 Å². The third-order valence-corrected chi connectivity index (χ3v) is 7.12. The molecule has 0 aliphatic carbocycles. The Balaban J connectivity index is 2.15. The number of nitrogens with zero attached hydrogens (tertiary/aromatic N) is 2. The maximum atomic E-state index is 13.9. The largest absolute Gasteiger partial charge is 0.476 e. The lowest BCUT2D eigenvalue weighted by atomic mass is 10.1. The Bertz CT molecular complexity index is 1420. The highest BCUT2D eigenvalue weighted by molar-refractivity contribution is 7.89. The van der Waals surface area contributed by atoms with E-state index in [9.17, 15) is 27.5 Å². The van der Waals surface area contributed by atoms with Gasteiger partial charge in [0, 0.05) is 23.7 Å². The van der Waals surface area contributed by atoms with E-state index >= 15 is 0 Å². The predicted octanol–water partition coefficient (Wildman–Crippen LogP) is 4.48. The monoisotopic (exact) mass is 532 g/mol. The van der Waals surface area contributed by atoms with Crippen LogP contribution in [0.3, 0.4) is 0 Å². The maximum Gasteiger partial charge on any atom is 0.356 e. The minimum Gasteiger partial charge on any atom is -0.476 e. The first-order chi connectivity index (χ1) is 17.5. The lowest BCUT2D eigenvalue weighted by Crippen LogP contribution is -2.25. The third-order valence-electron chi connectivity index (χ3n) is 5.63. The Morgan fingerprint density at radius 1 is 1.19 bits per heavy atom. The second-order valence-electron chi connectivity index (χ2n) is 8.44. The average Bonchev–Trinajstić information content (AvgIpc) is 3.19. The van der Waals surface area contributed by atoms with Crippen LogP contribution in [0.15, 0.2) is 47.4 Å². The van der Waals surface area contributed by atoms with E-state index < -0.39 is 21.8 Å². The number of anilines is 1. The summed E-state index contributed by atoms with van der Waals surface area (Å²) in [5.41, 5.74) is 0.189. The number of carbonyl (C=O) groups excluding carboxylic acids is 1. The number of benzene rings is 2. The Labute approximate surface area is 214 Å². The number of hydrogen-bond donors (Lipinski definition) is 3. The van der Waals surface area contributed by atoms with Gasteiger partial charge in [-0.25, -0.2) is 22.3 Å². The Kier molecular flexibility index (Phi) is 8.66. The molecule has 0 saturated carbocycles. The zero-order valence-corrected chi connectivity index (χ0v) is 21.7. The van der Waals surface area contributed by atoms with Crippen LogP contribution in [0.25, 0.3) is 5.69 Å². The second kappa shape index (κ2) is 11.5. The summed E-state index contributed by atoms with van der Waals surface area (Å²) in [4.78, 5) is 23.9. The number of carbonyl (C=O) groups is 2. The van der Waals surface area contributed by atoms with Gasteiger partial charge in [0.25, 0.3) is 0 Å². The minimum atomic E-state index is -4.10. The molecule has 0 fully saturated rings. The topological polar surface area (TPSA) is 140 Å². The molecule has 2 aromatic carbocycles. The van der Waals surface area contributed by atoms with Crippen LogP contribution >= 0.6 is 0 Å². The zero-order valence-electron chi connectivity index (χ0n) is 20.9. The van der Waals surface area contributed by atoms with Gasteiger partial charge in [0.2, 0.25) is 21.8 Å². The first-order valence-electron chi connectivity index (χ1n) is 11.7. The number of amides is 1. The van der Waals surface area contributed by atoms with Crippen molar-refractivity contribution in [2.75, 3.05) is 11.9 Å². The highest BCUT2D eigenvalue weighted by Gasteiger charge is 2.26. The molecule has 1 aromatic heterocycles. The van der Waals surface area contributed by atoms with Gasteiger partial charge in [-0.05, 0) is 56.2 Å². The van der Waals surface area contributed by atoms with Gasteiger partial charge in [0.1, 0.15) is 16.5 Å². The summed E-state index contributed by atoms with van der Waals surface area (Å²) >= 11 is 0. The van der Waals surface area contributed by atoms with Crippen molar-refractivity contribution in [2.24, 2.45) is 5.92 Å². The van der Waals surface area contributed by atoms with Gasteiger partial charge in [0.15, 0.2) is 5.69 Å². The quantitative estimate of drug-likeness (QED) is 0.331. The van der Waals surface area contributed by atoms with E-state index in [-0.39, 0.29) is 57.5 Å². The molecule has 3 rings (SSSR count). The second-order valence-corrected chi connectivity index (χ2v) is 10.2. The van der Waals surface area contributed by atoms with Crippen molar-refractivity contribution in [3.8, 4) is 17.3 Å². The van der Waals surface area contributed by atoms with Crippen LogP contribution in [0.4, 0.5) is 10.1 Å². The zero-order chi connectivity index (χ0) is 27.3. The van der Waals surface area contributed by atoms with Crippen molar-refractivity contribution in [1.82, 2.24) is 14.5 Å². The smallest absolute Gasteiger partial charge is 0.356 e. The molecule has 0 saturated heterocycles. The van der Waals surface area contributed by atoms with E-state index in [1.54, 1.807) is 13.8 Å². The molecular weight excluding hydrogens is 503 g/mol. The Morgan fingerprint density at radius 2 is 1.92 bits per heavy atom. The van der Waals surface area contributed by atoms with Crippen LogP contribution in [-0.4, -0.2) is 41.7 Å². The fourth-order valence-electron chi connectivity index (χ4n) is 3.34. The summed E-state index contributed by atoms with van der Waals surface area (Å²) in [7, 11) is -4.10. The van der Waals surface area contributed by atoms with Crippen molar-refractivity contribution < 1.29 is 32.2 Å². The molecule has 198 valence electrons. The number of aromatic nitrogens is 2. The van der Waals surface area contributed by atoms with Crippen molar-refractivity contribution in [3.63, 3.8) is 0 Å².